The van der Waals surface area contributed by atoms with Crippen LogP contribution in [0.1, 0.15) is 20.7 Å². The standard InChI is InChI=1S/C18H18F3N5O3S/c19-18(20,21)11-26-16(24-5-8-29-9-6-24)22-23-17(26)30-10-7-25-14(27)12-3-1-2-4-13(12)15(25)28/h1-4H,5-11H2. The molecule has 12 heteroatoms. The van der Waals surface area contributed by atoms with E-state index >= 15 is 0 Å². The zero-order valence-corrected chi connectivity index (χ0v) is 16.6. The molecule has 160 valence electrons. The van der Waals surface area contributed by atoms with Gasteiger partial charge in [-0.25, -0.2) is 0 Å². The van der Waals surface area contributed by atoms with Crippen molar-refractivity contribution in [2.24, 2.45) is 0 Å². The predicted molar refractivity (Wildman–Crippen MR) is 102 cm³/mol. The maximum Gasteiger partial charge on any atom is 0.406 e. The largest absolute Gasteiger partial charge is 0.406 e. The third-order valence-corrected chi connectivity index (χ3v) is 5.70. The first-order valence-corrected chi connectivity index (χ1v) is 10.2. The molecule has 1 saturated heterocycles. The molecule has 4 rings (SSSR count). The Morgan fingerprint density at radius 3 is 2.27 bits per heavy atom. The molecule has 0 bridgehead atoms. The summed E-state index contributed by atoms with van der Waals surface area (Å²) in [6, 6.07) is 6.51. The maximum atomic E-state index is 13.1. The SMILES string of the molecule is O=C1c2ccccc2C(=O)N1CCSc1nnc(N2CCOCC2)n1CC(F)(F)F. The Labute approximate surface area is 174 Å². The van der Waals surface area contributed by atoms with E-state index in [9.17, 15) is 22.8 Å². The first-order chi connectivity index (χ1) is 14.3. The van der Waals surface area contributed by atoms with Crippen molar-refractivity contribution in [2.75, 3.05) is 43.5 Å². The third-order valence-electron chi connectivity index (χ3n) is 4.75. The maximum absolute atomic E-state index is 13.1. The fraction of sp³-hybridized carbons (Fsp3) is 0.444. The van der Waals surface area contributed by atoms with Gasteiger partial charge in [0.1, 0.15) is 6.54 Å². The average molecular weight is 441 g/mol. The number of aromatic nitrogens is 3. The number of nitrogens with zero attached hydrogens (tertiary/aromatic N) is 5. The van der Waals surface area contributed by atoms with Gasteiger partial charge in [-0.3, -0.25) is 19.1 Å². The zero-order chi connectivity index (χ0) is 21.3. The van der Waals surface area contributed by atoms with Gasteiger partial charge in [-0.1, -0.05) is 23.9 Å². The summed E-state index contributed by atoms with van der Waals surface area (Å²) in [5.74, 6) is -0.465. The number of anilines is 1. The monoisotopic (exact) mass is 441 g/mol. The lowest BCUT2D eigenvalue weighted by atomic mass is 10.1. The lowest BCUT2D eigenvalue weighted by Gasteiger charge is -2.28. The second kappa shape index (κ2) is 8.26. The van der Waals surface area contributed by atoms with E-state index in [0.29, 0.717) is 37.4 Å². The van der Waals surface area contributed by atoms with E-state index in [2.05, 4.69) is 10.2 Å². The van der Waals surface area contributed by atoms with Crippen LogP contribution in [0, 0.1) is 0 Å². The van der Waals surface area contributed by atoms with Crippen LogP contribution in [-0.2, 0) is 11.3 Å². The van der Waals surface area contributed by atoms with Gasteiger partial charge >= 0.3 is 6.18 Å². The van der Waals surface area contributed by atoms with Crippen LogP contribution in [0.15, 0.2) is 29.4 Å². The molecule has 1 aromatic heterocycles. The second-order valence-corrected chi connectivity index (χ2v) is 7.80. The molecule has 1 fully saturated rings. The van der Waals surface area contributed by atoms with E-state index < -0.39 is 24.5 Å². The highest BCUT2D eigenvalue weighted by atomic mass is 32.2. The van der Waals surface area contributed by atoms with Crippen molar-refractivity contribution in [3.05, 3.63) is 35.4 Å². The highest BCUT2D eigenvalue weighted by molar-refractivity contribution is 7.99. The number of carbonyl (C=O) groups excluding carboxylic acids is 2. The molecule has 2 aromatic rings. The lowest BCUT2D eigenvalue weighted by molar-refractivity contribution is -0.141. The number of amides is 2. The van der Waals surface area contributed by atoms with Gasteiger partial charge in [0.05, 0.1) is 24.3 Å². The Kier molecular flexibility index (Phi) is 5.69. The van der Waals surface area contributed by atoms with Gasteiger partial charge in [0.25, 0.3) is 11.8 Å². The van der Waals surface area contributed by atoms with Crippen LogP contribution in [-0.4, -0.2) is 76.3 Å². The molecule has 2 amide bonds. The van der Waals surface area contributed by atoms with Crippen molar-refractivity contribution in [1.29, 1.82) is 0 Å². The zero-order valence-electron chi connectivity index (χ0n) is 15.8. The van der Waals surface area contributed by atoms with Crippen molar-refractivity contribution in [3.63, 3.8) is 0 Å². The molecule has 0 atom stereocenters. The van der Waals surface area contributed by atoms with E-state index in [1.165, 1.54) is 0 Å². The van der Waals surface area contributed by atoms with Crippen LogP contribution in [0.3, 0.4) is 0 Å². The first-order valence-electron chi connectivity index (χ1n) is 9.26. The van der Waals surface area contributed by atoms with Crippen molar-refractivity contribution in [1.82, 2.24) is 19.7 Å². The molecule has 2 aliphatic heterocycles. The van der Waals surface area contributed by atoms with Crippen LogP contribution in [0.2, 0.25) is 0 Å². The van der Waals surface area contributed by atoms with Gasteiger partial charge < -0.3 is 9.64 Å². The molecule has 0 spiro atoms. The normalized spacial score (nSPS) is 17.0. The molecule has 0 unspecified atom stereocenters. The minimum absolute atomic E-state index is 0.0583. The summed E-state index contributed by atoms with van der Waals surface area (Å²) in [6.45, 7) is 0.498. The first kappa shape index (κ1) is 20.7. The minimum Gasteiger partial charge on any atom is -0.378 e. The Morgan fingerprint density at radius 1 is 1.03 bits per heavy atom. The summed E-state index contributed by atoms with van der Waals surface area (Å²) in [7, 11) is 0. The number of fused-ring (bicyclic) bond motifs is 1. The Morgan fingerprint density at radius 2 is 1.67 bits per heavy atom. The number of thioether (sulfide) groups is 1. The quantitative estimate of drug-likeness (QED) is 0.502. The average Bonchev–Trinajstić information content (AvgIpc) is 3.21. The molecule has 0 aliphatic carbocycles. The smallest absolute Gasteiger partial charge is 0.378 e. The van der Waals surface area contributed by atoms with Gasteiger partial charge in [-0.2, -0.15) is 13.2 Å². The Balaban J connectivity index is 1.46. The van der Waals surface area contributed by atoms with Crippen molar-refractivity contribution < 1.29 is 27.5 Å². The Bertz CT molecular complexity index is 924. The van der Waals surface area contributed by atoms with Crippen molar-refractivity contribution in [2.45, 2.75) is 17.9 Å². The van der Waals surface area contributed by atoms with Crippen LogP contribution >= 0.6 is 11.8 Å². The van der Waals surface area contributed by atoms with Crippen molar-refractivity contribution >= 4 is 29.5 Å². The molecule has 2 aliphatic rings. The van der Waals surface area contributed by atoms with E-state index in [-0.39, 0.29) is 23.4 Å². The fourth-order valence-corrected chi connectivity index (χ4v) is 4.23. The van der Waals surface area contributed by atoms with E-state index in [1.807, 2.05) is 0 Å². The summed E-state index contributed by atoms with van der Waals surface area (Å²) in [5, 5.41) is 7.96. The highest BCUT2D eigenvalue weighted by Gasteiger charge is 2.35. The van der Waals surface area contributed by atoms with Crippen LogP contribution in [0.5, 0.6) is 0 Å². The third kappa shape index (κ3) is 4.15. The number of ether oxygens (including phenoxy) is 1. The lowest BCUT2D eigenvalue weighted by Crippen LogP contribution is -2.38. The van der Waals surface area contributed by atoms with Gasteiger partial charge in [0.15, 0.2) is 5.16 Å². The number of rotatable bonds is 6. The predicted octanol–water partition coefficient (Wildman–Crippen LogP) is 2.07. The number of halogens is 3. The molecular weight excluding hydrogens is 423 g/mol. The number of carbonyl (C=O) groups is 2. The van der Waals surface area contributed by atoms with Crippen LogP contribution in [0.25, 0.3) is 0 Å². The van der Waals surface area contributed by atoms with Gasteiger partial charge in [0, 0.05) is 25.4 Å². The molecule has 3 heterocycles. The van der Waals surface area contributed by atoms with E-state index in [1.54, 1.807) is 29.2 Å². The summed E-state index contributed by atoms with van der Waals surface area (Å²) in [5.41, 5.74) is 0.671. The molecule has 0 N–H and O–H groups in total. The summed E-state index contributed by atoms with van der Waals surface area (Å²) in [4.78, 5) is 27.6. The van der Waals surface area contributed by atoms with Crippen LogP contribution in [0.4, 0.5) is 19.1 Å². The number of hydrogen-bond acceptors (Lipinski definition) is 7. The number of benzene rings is 1. The fourth-order valence-electron chi connectivity index (χ4n) is 3.37. The molecule has 1 aromatic carbocycles. The minimum atomic E-state index is -4.44. The number of hydrogen-bond donors (Lipinski definition) is 0. The van der Waals surface area contributed by atoms with Gasteiger partial charge in [-0.05, 0) is 12.1 Å². The number of alkyl halides is 3. The van der Waals surface area contributed by atoms with Crippen LogP contribution < -0.4 is 4.90 Å². The topological polar surface area (TPSA) is 80.6 Å². The van der Waals surface area contributed by atoms with Crippen molar-refractivity contribution in [3.8, 4) is 0 Å². The summed E-state index contributed by atoms with van der Waals surface area (Å²) >= 11 is 1.03. The number of imide groups is 1. The molecule has 0 radical (unpaired) electrons. The molecule has 8 nitrogen and oxygen atoms in total. The van der Waals surface area contributed by atoms with E-state index in [4.69, 9.17) is 4.74 Å². The molecule has 0 saturated carbocycles. The molecule has 30 heavy (non-hydrogen) atoms. The molecular formula is C18H18F3N5O3S. The Hall–Kier alpha value is -2.60. The van der Waals surface area contributed by atoms with E-state index in [0.717, 1.165) is 21.2 Å². The second-order valence-electron chi connectivity index (χ2n) is 6.74. The number of morpholine rings is 1. The van der Waals surface area contributed by atoms with Gasteiger partial charge in [0.2, 0.25) is 5.95 Å². The summed E-state index contributed by atoms with van der Waals surface area (Å²) in [6.07, 6.45) is -4.44. The van der Waals surface area contributed by atoms with Gasteiger partial charge in [-0.15, -0.1) is 10.2 Å². The highest BCUT2D eigenvalue weighted by Crippen LogP contribution is 2.29. The summed E-state index contributed by atoms with van der Waals surface area (Å²) < 4.78 is 45.7.